The molecule has 0 heterocycles. The Morgan fingerprint density at radius 2 is 1.62 bits per heavy atom. The maximum atomic E-state index is 10.8. The normalized spacial score (nSPS) is 20.7. The van der Waals surface area contributed by atoms with Gasteiger partial charge in [-0.2, -0.15) is 0 Å². The molecule has 0 unspecified atom stereocenters. The van der Waals surface area contributed by atoms with Gasteiger partial charge in [0.05, 0.1) is 0 Å². The molecule has 0 spiro atoms. The maximum absolute atomic E-state index is 10.8. The number of Topliss-reactive ketones (excluding diaryl/α,β-unsaturated/α-hetero) is 1. The minimum absolute atomic E-state index is 0.363. The molecule has 0 saturated heterocycles. The predicted molar refractivity (Wildman–Crippen MR) is 55.7 cm³/mol. The Kier molecular flexibility index (Phi) is 5.10. The van der Waals surface area contributed by atoms with Crippen LogP contribution in [0.5, 0.6) is 0 Å². The Hall–Kier alpha value is -0.330. The van der Waals surface area contributed by atoms with E-state index in [1.54, 1.807) is 6.92 Å². The van der Waals surface area contributed by atoms with Crippen molar-refractivity contribution in [1.82, 2.24) is 0 Å². The summed E-state index contributed by atoms with van der Waals surface area (Å²) in [6.45, 7) is 1.71. The first-order chi connectivity index (χ1) is 6.29. The Morgan fingerprint density at radius 3 is 2.15 bits per heavy atom. The van der Waals surface area contributed by atoms with Crippen LogP contribution >= 0.6 is 0 Å². The number of hydrogen-bond acceptors (Lipinski definition) is 1. The van der Waals surface area contributed by atoms with E-state index >= 15 is 0 Å². The third-order valence-electron chi connectivity index (χ3n) is 3.13. The fourth-order valence-electron chi connectivity index (χ4n) is 2.24. The molecule has 76 valence electrons. The first kappa shape index (κ1) is 10.7. The second-order valence-electron chi connectivity index (χ2n) is 4.45. The van der Waals surface area contributed by atoms with Crippen LogP contribution in [0.4, 0.5) is 0 Å². The summed E-state index contributed by atoms with van der Waals surface area (Å²) in [6.07, 6.45) is 11.7. The van der Waals surface area contributed by atoms with Crippen LogP contribution in [0.15, 0.2) is 0 Å². The van der Waals surface area contributed by atoms with Crippen molar-refractivity contribution in [1.29, 1.82) is 0 Å². The van der Waals surface area contributed by atoms with Crippen LogP contribution in [0.1, 0.15) is 64.7 Å². The summed E-state index contributed by atoms with van der Waals surface area (Å²) in [5.74, 6) is 1.21. The molecule has 1 fully saturated rings. The second kappa shape index (κ2) is 6.17. The SMILES string of the molecule is CC(=O)CCC1CCCCCCC1. The van der Waals surface area contributed by atoms with Gasteiger partial charge in [-0.05, 0) is 19.3 Å². The van der Waals surface area contributed by atoms with Crippen LogP contribution in [-0.4, -0.2) is 5.78 Å². The van der Waals surface area contributed by atoms with Crippen molar-refractivity contribution in [2.45, 2.75) is 64.7 Å². The van der Waals surface area contributed by atoms with Gasteiger partial charge in [0.15, 0.2) is 0 Å². The standard InChI is InChI=1S/C12H22O/c1-11(13)9-10-12-7-5-3-2-4-6-8-12/h12H,2-10H2,1H3. The summed E-state index contributed by atoms with van der Waals surface area (Å²) in [7, 11) is 0. The topological polar surface area (TPSA) is 17.1 Å². The Bertz CT molecular complexity index is 143. The third-order valence-corrected chi connectivity index (χ3v) is 3.13. The quantitative estimate of drug-likeness (QED) is 0.650. The minimum atomic E-state index is 0.363. The summed E-state index contributed by atoms with van der Waals surface area (Å²) < 4.78 is 0. The van der Waals surface area contributed by atoms with E-state index < -0.39 is 0 Å². The molecule has 1 nitrogen and oxygen atoms in total. The molecule has 0 aromatic carbocycles. The summed E-state index contributed by atoms with van der Waals surface area (Å²) in [5.41, 5.74) is 0. The van der Waals surface area contributed by atoms with E-state index in [-0.39, 0.29) is 0 Å². The summed E-state index contributed by atoms with van der Waals surface area (Å²) in [4.78, 5) is 10.8. The van der Waals surface area contributed by atoms with Gasteiger partial charge in [-0.1, -0.05) is 44.9 Å². The van der Waals surface area contributed by atoms with Crippen LogP contribution in [0.2, 0.25) is 0 Å². The number of rotatable bonds is 3. The van der Waals surface area contributed by atoms with E-state index in [0.29, 0.717) is 5.78 Å². The molecule has 1 heteroatoms. The van der Waals surface area contributed by atoms with Crippen molar-refractivity contribution >= 4 is 5.78 Å². The van der Waals surface area contributed by atoms with Crippen LogP contribution < -0.4 is 0 Å². The summed E-state index contributed by atoms with van der Waals surface area (Å²) >= 11 is 0. The highest BCUT2D eigenvalue weighted by Gasteiger charge is 2.11. The van der Waals surface area contributed by atoms with Gasteiger partial charge < -0.3 is 4.79 Å². The molecule has 0 radical (unpaired) electrons. The lowest BCUT2D eigenvalue weighted by atomic mass is 9.87. The summed E-state index contributed by atoms with van der Waals surface area (Å²) in [5, 5.41) is 0. The van der Waals surface area contributed by atoms with Gasteiger partial charge >= 0.3 is 0 Å². The average Bonchev–Trinajstić information content (AvgIpc) is 2.01. The van der Waals surface area contributed by atoms with E-state index in [9.17, 15) is 4.79 Å². The lowest BCUT2D eigenvalue weighted by molar-refractivity contribution is -0.117. The molecule has 1 aliphatic carbocycles. The molecular formula is C12H22O. The second-order valence-corrected chi connectivity index (χ2v) is 4.45. The van der Waals surface area contributed by atoms with Crippen LogP contribution in [0, 0.1) is 5.92 Å². The lowest BCUT2D eigenvalue weighted by Crippen LogP contribution is -2.05. The lowest BCUT2D eigenvalue weighted by Gasteiger charge is -2.18. The smallest absolute Gasteiger partial charge is 0.129 e. The van der Waals surface area contributed by atoms with E-state index in [1.807, 2.05) is 0 Å². The van der Waals surface area contributed by atoms with E-state index in [2.05, 4.69) is 0 Å². The van der Waals surface area contributed by atoms with Crippen molar-refractivity contribution in [3.05, 3.63) is 0 Å². The highest BCUT2D eigenvalue weighted by Crippen LogP contribution is 2.25. The van der Waals surface area contributed by atoms with E-state index in [4.69, 9.17) is 0 Å². The molecule has 0 aliphatic heterocycles. The summed E-state index contributed by atoms with van der Waals surface area (Å²) in [6, 6.07) is 0. The van der Waals surface area contributed by atoms with Crippen LogP contribution in [-0.2, 0) is 4.79 Å². The van der Waals surface area contributed by atoms with Gasteiger partial charge in [0.1, 0.15) is 5.78 Å². The van der Waals surface area contributed by atoms with Crippen LogP contribution in [0.25, 0.3) is 0 Å². The fraction of sp³-hybridized carbons (Fsp3) is 0.917. The minimum Gasteiger partial charge on any atom is -0.300 e. The van der Waals surface area contributed by atoms with Crippen molar-refractivity contribution in [2.24, 2.45) is 5.92 Å². The zero-order valence-corrected chi connectivity index (χ0v) is 8.85. The fourth-order valence-corrected chi connectivity index (χ4v) is 2.24. The van der Waals surface area contributed by atoms with Gasteiger partial charge in [-0.3, -0.25) is 0 Å². The van der Waals surface area contributed by atoms with Crippen LogP contribution in [0.3, 0.4) is 0 Å². The number of carbonyl (C=O) groups excluding carboxylic acids is 1. The molecule has 1 rings (SSSR count). The molecule has 1 aliphatic rings. The molecule has 1 saturated carbocycles. The molecule has 13 heavy (non-hydrogen) atoms. The molecular weight excluding hydrogens is 160 g/mol. The Morgan fingerprint density at radius 1 is 1.08 bits per heavy atom. The van der Waals surface area contributed by atoms with Crippen molar-refractivity contribution < 1.29 is 4.79 Å². The predicted octanol–water partition coefficient (Wildman–Crippen LogP) is 3.72. The maximum Gasteiger partial charge on any atom is 0.129 e. The number of carbonyl (C=O) groups is 1. The first-order valence-electron chi connectivity index (χ1n) is 5.78. The largest absolute Gasteiger partial charge is 0.300 e. The molecule has 0 aromatic rings. The number of ketones is 1. The molecule has 0 aromatic heterocycles. The zero-order valence-electron chi connectivity index (χ0n) is 8.85. The van der Waals surface area contributed by atoms with Gasteiger partial charge in [0.25, 0.3) is 0 Å². The molecule has 0 bridgehead atoms. The Labute approximate surface area is 81.9 Å². The van der Waals surface area contributed by atoms with Gasteiger partial charge in [0.2, 0.25) is 0 Å². The average molecular weight is 182 g/mol. The van der Waals surface area contributed by atoms with Crippen molar-refractivity contribution in [3.8, 4) is 0 Å². The molecule has 0 amide bonds. The van der Waals surface area contributed by atoms with Gasteiger partial charge in [-0.15, -0.1) is 0 Å². The van der Waals surface area contributed by atoms with E-state index in [0.717, 1.165) is 18.8 Å². The number of hydrogen-bond donors (Lipinski definition) is 0. The Balaban J connectivity index is 2.17. The molecule has 0 atom stereocenters. The highest BCUT2D eigenvalue weighted by atomic mass is 16.1. The third kappa shape index (κ3) is 5.07. The highest BCUT2D eigenvalue weighted by molar-refractivity contribution is 5.75. The first-order valence-corrected chi connectivity index (χ1v) is 5.78. The van der Waals surface area contributed by atoms with E-state index in [1.165, 1.54) is 44.9 Å². The monoisotopic (exact) mass is 182 g/mol. The molecule has 0 N–H and O–H groups in total. The van der Waals surface area contributed by atoms with Crippen molar-refractivity contribution in [3.63, 3.8) is 0 Å². The zero-order chi connectivity index (χ0) is 9.52. The van der Waals surface area contributed by atoms with Crippen molar-refractivity contribution in [2.75, 3.05) is 0 Å². The van der Waals surface area contributed by atoms with Gasteiger partial charge in [0, 0.05) is 6.42 Å². The van der Waals surface area contributed by atoms with Gasteiger partial charge in [-0.25, -0.2) is 0 Å².